The van der Waals surface area contributed by atoms with Crippen LogP contribution in [-0.2, 0) is 19.1 Å². The van der Waals surface area contributed by atoms with Crippen LogP contribution >= 0.6 is 0 Å². The molecular weight excluding hydrogens is 372 g/mol. The summed E-state index contributed by atoms with van der Waals surface area (Å²) >= 11 is 0. The number of Topliss-reactive ketones (excluding diaryl/α,β-unsaturated/α-hetero) is 1. The number of esters is 1. The number of fused-ring (bicyclic) bond motifs is 5. The van der Waals surface area contributed by atoms with E-state index in [-0.39, 0.29) is 29.0 Å². The third-order valence-corrected chi connectivity index (χ3v) is 8.93. The zero-order valence-electron chi connectivity index (χ0n) is 17.6. The Morgan fingerprint density at radius 3 is 2.59 bits per heavy atom. The molecule has 6 heteroatoms. The normalized spacial score (nSPS) is 46.2. The maximum atomic E-state index is 12.9. The average molecular weight is 405 g/mol. The summed E-state index contributed by atoms with van der Waals surface area (Å²) in [6.07, 6.45) is 5.59. The number of aliphatic hydroxyl groups excluding tert-OH is 2. The Morgan fingerprint density at radius 2 is 1.93 bits per heavy atom. The van der Waals surface area contributed by atoms with E-state index in [1.807, 2.05) is 6.92 Å². The molecule has 4 aliphatic rings. The number of ether oxygens (including phenoxy) is 1. The zero-order valence-corrected chi connectivity index (χ0v) is 17.6. The highest BCUT2D eigenvalue weighted by Crippen LogP contribution is 2.68. The van der Waals surface area contributed by atoms with Crippen LogP contribution in [0.5, 0.6) is 0 Å². The summed E-state index contributed by atoms with van der Waals surface area (Å²) in [4.78, 5) is 36.8. The molecule has 0 aromatic rings. The number of hydrogen-bond donors (Lipinski definition) is 2. The number of carbonyl (C=O) groups excluding carboxylic acids is 3. The maximum absolute atomic E-state index is 12.9. The van der Waals surface area contributed by atoms with Crippen LogP contribution < -0.4 is 0 Å². The van der Waals surface area contributed by atoms with Crippen molar-refractivity contribution in [2.75, 3.05) is 6.61 Å². The number of carbonyl (C=O) groups is 3. The van der Waals surface area contributed by atoms with Crippen LogP contribution in [0.15, 0.2) is 11.6 Å². The lowest BCUT2D eigenvalue weighted by Crippen LogP contribution is -2.63. The molecule has 3 saturated carbocycles. The van der Waals surface area contributed by atoms with Crippen molar-refractivity contribution in [3.63, 3.8) is 0 Å². The molecule has 0 bridgehead atoms. The van der Waals surface area contributed by atoms with E-state index >= 15 is 0 Å². The highest BCUT2D eigenvalue weighted by molar-refractivity contribution is 5.92. The molecular formula is C23H32O6. The first kappa shape index (κ1) is 20.7. The van der Waals surface area contributed by atoms with Crippen molar-refractivity contribution in [2.24, 2.45) is 28.6 Å². The van der Waals surface area contributed by atoms with Gasteiger partial charge in [0.2, 0.25) is 5.78 Å². The number of ketones is 2. The maximum Gasteiger partial charge on any atom is 0.303 e. The van der Waals surface area contributed by atoms with Gasteiger partial charge >= 0.3 is 5.97 Å². The van der Waals surface area contributed by atoms with Gasteiger partial charge in [-0.3, -0.25) is 14.4 Å². The van der Waals surface area contributed by atoms with Crippen LogP contribution in [0, 0.1) is 28.6 Å². The van der Waals surface area contributed by atoms with Crippen molar-refractivity contribution >= 4 is 17.5 Å². The smallest absolute Gasteiger partial charge is 0.303 e. The lowest BCUT2D eigenvalue weighted by molar-refractivity contribution is -0.200. The van der Waals surface area contributed by atoms with Gasteiger partial charge in [0.25, 0.3) is 0 Å². The van der Waals surface area contributed by atoms with E-state index < -0.39 is 35.5 Å². The number of aliphatic hydroxyl groups is 2. The van der Waals surface area contributed by atoms with Gasteiger partial charge in [0.15, 0.2) is 11.4 Å². The van der Waals surface area contributed by atoms with Crippen LogP contribution in [0.25, 0.3) is 0 Å². The second kappa shape index (κ2) is 6.74. The predicted molar refractivity (Wildman–Crippen MR) is 105 cm³/mol. The minimum absolute atomic E-state index is 0.0334. The highest BCUT2D eigenvalue weighted by atomic mass is 16.6. The Balaban J connectivity index is 1.76. The molecule has 4 rings (SSSR count). The molecule has 29 heavy (non-hydrogen) atoms. The van der Waals surface area contributed by atoms with E-state index in [4.69, 9.17) is 4.74 Å². The Kier molecular flexibility index (Phi) is 4.82. The topological polar surface area (TPSA) is 101 Å². The van der Waals surface area contributed by atoms with Crippen molar-refractivity contribution in [3.05, 3.63) is 11.6 Å². The van der Waals surface area contributed by atoms with Crippen molar-refractivity contribution in [1.82, 2.24) is 0 Å². The average Bonchev–Trinajstić information content (AvgIpc) is 2.93. The van der Waals surface area contributed by atoms with Crippen LogP contribution in [0.3, 0.4) is 0 Å². The molecule has 0 spiro atoms. The predicted octanol–water partition coefficient (Wildman–Crippen LogP) is 2.35. The second-order valence-corrected chi connectivity index (χ2v) is 10.1. The van der Waals surface area contributed by atoms with Gasteiger partial charge < -0.3 is 14.9 Å². The standard InChI is InChI=1S/C23H32O6/c1-13(25)29-23(19(28)12-24)9-7-17-16-5-4-14-10-15(26)6-8-21(14,2)20(16)18(27)11-22(17,23)3/h10,16-18,20,24,27H,4-9,11-12H2,1-3H3/t16-,17-,18+,20+,21+,22+,23+/m1/s1. The van der Waals surface area contributed by atoms with Crippen molar-refractivity contribution in [3.8, 4) is 0 Å². The van der Waals surface area contributed by atoms with Gasteiger partial charge in [-0.15, -0.1) is 0 Å². The molecule has 0 aromatic carbocycles. The highest BCUT2D eigenvalue weighted by Gasteiger charge is 2.70. The molecule has 0 heterocycles. The summed E-state index contributed by atoms with van der Waals surface area (Å²) in [5.74, 6) is -0.462. The minimum atomic E-state index is -1.37. The van der Waals surface area contributed by atoms with E-state index in [1.54, 1.807) is 6.08 Å². The first-order valence-electron chi connectivity index (χ1n) is 10.8. The summed E-state index contributed by atoms with van der Waals surface area (Å²) in [6, 6.07) is 0. The minimum Gasteiger partial charge on any atom is -0.451 e. The van der Waals surface area contributed by atoms with E-state index in [0.29, 0.717) is 19.3 Å². The fraction of sp³-hybridized carbons (Fsp3) is 0.783. The van der Waals surface area contributed by atoms with Crippen LogP contribution in [0.1, 0.15) is 65.7 Å². The quantitative estimate of drug-likeness (QED) is 0.701. The number of hydrogen-bond acceptors (Lipinski definition) is 6. The fourth-order valence-electron chi connectivity index (χ4n) is 7.73. The van der Waals surface area contributed by atoms with Crippen molar-refractivity contribution in [2.45, 2.75) is 77.4 Å². The summed E-state index contributed by atoms with van der Waals surface area (Å²) in [7, 11) is 0. The molecule has 0 radical (unpaired) electrons. The molecule has 0 saturated heterocycles. The summed E-state index contributed by atoms with van der Waals surface area (Å²) in [5.41, 5.74) is -1.12. The van der Waals surface area contributed by atoms with Crippen LogP contribution in [0.4, 0.5) is 0 Å². The van der Waals surface area contributed by atoms with Gasteiger partial charge in [-0.2, -0.15) is 0 Å². The Bertz CT molecular complexity index is 786. The molecule has 4 aliphatic carbocycles. The summed E-state index contributed by atoms with van der Waals surface area (Å²) in [6.45, 7) is 4.76. The van der Waals surface area contributed by atoms with Crippen molar-refractivity contribution < 1.29 is 29.3 Å². The molecule has 160 valence electrons. The Labute approximate surface area is 171 Å². The lowest BCUT2D eigenvalue weighted by Gasteiger charge is -2.60. The molecule has 0 aromatic heterocycles. The van der Waals surface area contributed by atoms with Crippen molar-refractivity contribution in [1.29, 1.82) is 0 Å². The first-order chi connectivity index (χ1) is 13.6. The monoisotopic (exact) mass is 404 g/mol. The van der Waals surface area contributed by atoms with Gasteiger partial charge in [0.05, 0.1) is 6.10 Å². The molecule has 7 atom stereocenters. The Morgan fingerprint density at radius 1 is 1.21 bits per heavy atom. The van der Waals surface area contributed by atoms with E-state index in [9.17, 15) is 24.6 Å². The van der Waals surface area contributed by atoms with Gasteiger partial charge in [0.1, 0.15) is 6.61 Å². The molecule has 0 amide bonds. The molecule has 3 fully saturated rings. The SMILES string of the molecule is CC(=O)O[C@]1(C(=O)CO)CC[C@@H]2[C@H]3CCC4=CC(=O)CC[C@]4(C)[C@@H]3[C@@H](O)C[C@@]21C. The molecule has 0 unspecified atom stereocenters. The van der Waals surface area contributed by atoms with Gasteiger partial charge in [-0.25, -0.2) is 0 Å². The largest absolute Gasteiger partial charge is 0.451 e. The van der Waals surface area contributed by atoms with E-state index in [0.717, 1.165) is 31.3 Å². The van der Waals surface area contributed by atoms with Gasteiger partial charge in [-0.1, -0.05) is 19.4 Å². The fourth-order valence-corrected chi connectivity index (χ4v) is 7.73. The number of rotatable bonds is 3. The second-order valence-electron chi connectivity index (χ2n) is 10.1. The van der Waals surface area contributed by atoms with Crippen LogP contribution in [-0.4, -0.2) is 46.1 Å². The zero-order chi connectivity index (χ0) is 21.2. The summed E-state index contributed by atoms with van der Waals surface area (Å²) in [5, 5.41) is 21.0. The molecule has 0 aliphatic heterocycles. The lowest BCUT2D eigenvalue weighted by atomic mass is 9.45. The van der Waals surface area contributed by atoms with Gasteiger partial charge in [0, 0.05) is 18.8 Å². The summed E-state index contributed by atoms with van der Waals surface area (Å²) < 4.78 is 5.68. The molecule has 2 N–H and O–H groups in total. The third-order valence-electron chi connectivity index (χ3n) is 8.93. The van der Waals surface area contributed by atoms with E-state index in [1.165, 1.54) is 6.92 Å². The molecule has 6 nitrogen and oxygen atoms in total. The first-order valence-corrected chi connectivity index (χ1v) is 10.8. The van der Waals surface area contributed by atoms with Crippen LogP contribution in [0.2, 0.25) is 0 Å². The van der Waals surface area contributed by atoms with Gasteiger partial charge in [-0.05, 0) is 67.8 Å². The van der Waals surface area contributed by atoms with E-state index in [2.05, 4.69) is 6.92 Å². The Hall–Kier alpha value is -1.53. The third kappa shape index (κ3) is 2.71. The number of allylic oxidation sites excluding steroid dienone is 1.